The van der Waals surface area contributed by atoms with E-state index in [4.69, 9.17) is 23.2 Å². The number of anilines is 1. The monoisotopic (exact) mass is 353 g/mol. The Morgan fingerprint density at radius 2 is 1.91 bits per heavy atom. The first-order valence-corrected chi connectivity index (χ1v) is 8.80. The maximum atomic E-state index is 12.1. The molecule has 0 radical (unpaired) electrons. The van der Waals surface area contributed by atoms with Gasteiger partial charge in [0, 0.05) is 11.3 Å². The SMILES string of the molecule is CCSc1ccccc1NC(=O)CCc1ccc(Cl)c(Cl)c1. The molecule has 0 saturated carbocycles. The van der Waals surface area contributed by atoms with Crippen molar-refractivity contribution in [3.63, 3.8) is 0 Å². The summed E-state index contributed by atoms with van der Waals surface area (Å²) in [5.74, 6) is 0.964. The highest BCUT2D eigenvalue weighted by molar-refractivity contribution is 7.99. The van der Waals surface area contributed by atoms with Crippen molar-refractivity contribution in [1.29, 1.82) is 0 Å². The molecule has 116 valence electrons. The third-order valence-corrected chi connectivity index (χ3v) is 4.78. The van der Waals surface area contributed by atoms with Crippen molar-refractivity contribution in [2.75, 3.05) is 11.1 Å². The molecule has 2 aromatic rings. The molecule has 0 aliphatic rings. The van der Waals surface area contributed by atoms with Gasteiger partial charge in [-0.25, -0.2) is 0 Å². The summed E-state index contributed by atoms with van der Waals surface area (Å²) in [6.45, 7) is 2.09. The van der Waals surface area contributed by atoms with Crippen LogP contribution in [0.5, 0.6) is 0 Å². The second-order valence-corrected chi connectivity index (χ2v) is 6.85. The van der Waals surface area contributed by atoms with E-state index in [9.17, 15) is 4.79 Å². The largest absolute Gasteiger partial charge is 0.325 e. The van der Waals surface area contributed by atoms with E-state index in [0.717, 1.165) is 21.9 Å². The zero-order valence-electron chi connectivity index (χ0n) is 12.2. The summed E-state index contributed by atoms with van der Waals surface area (Å²) in [5, 5.41) is 4.02. The quantitative estimate of drug-likeness (QED) is 0.677. The van der Waals surface area contributed by atoms with Gasteiger partial charge in [-0.1, -0.05) is 48.3 Å². The Balaban J connectivity index is 1.94. The Kier molecular flexibility index (Phi) is 6.62. The average Bonchev–Trinajstić information content (AvgIpc) is 2.51. The standard InChI is InChI=1S/C17H17Cl2NOS/c1-2-22-16-6-4-3-5-15(16)20-17(21)10-8-12-7-9-13(18)14(19)11-12/h3-7,9,11H,2,8,10H2,1H3,(H,20,21). The maximum absolute atomic E-state index is 12.1. The molecule has 0 aliphatic heterocycles. The van der Waals surface area contributed by atoms with Crippen LogP contribution < -0.4 is 5.32 Å². The summed E-state index contributed by atoms with van der Waals surface area (Å²) in [6.07, 6.45) is 1.04. The summed E-state index contributed by atoms with van der Waals surface area (Å²) < 4.78 is 0. The Labute approximate surface area is 145 Å². The second kappa shape index (κ2) is 8.47. The number of carbonyl (C=O) groups excluding carboxylic acids is 1. The minimum atomic E-state index is -0.00442. The van der Waals surface area contributed by atoms with Crippen molar-refractivity contribution >= 4 is 46.6 Å². The fourth-order valence-corrected chi connectivity index (χ4v) is 3.10. The summed E-state index contributed by atoms with van der Waals surface area (Å²) in [4.78, 5) is 13.2. The molecule has 0 saturated heterocycles. The third-order valence-electron chi connectivity index (χ3n) is 3.09. The lowest BCUT2D eigenvalue weighted by Gasteiger charge is -2.10. The lowest BCUT2D eigenvalue weighted by Crippen LogP contribution is -2.13. The van der Waals surface area contributed by atoms with Crippen molar-refractivity contribution in [1.82, 2.24) is 0 Å². The normalized spacial score (nSPS) is 10.5. The fraction of sp³-hybridized carbons (Fsp3) is 0.235. The number of hydrogen-bond acceptors (Lipinski definition) is 2. The molecule has 0 atom stereocenters. The molecule has 0 aliphatic carbocycles. The molecule has 0 bridgehead atoms. The first-order chi connectivity index (χ1) is 10.6. The number of para-hydroxylation sites is 1. The van der Waals surface area contributed by atoms with E-state index in [1.807, 2.05) is 30.3 Å². The number of rotatable bonds is 6. The first-order valence-electron chi connectivity index (χ1n) is 7.05. The minimum Gasteiger partial charge on any atom is -0.325 e. The van der Waals surface area contributed by atoms with Crippen LogP contribution in [0, 0.1) is 0 Å². The fourth-order valence-electron chi connectivity index (χ4n) is 2.02. The van der Waals surface area contributed by atoms with E-state index >= 15 is 0 Å². The van der Waals surface area contributed by atoms with Crippen LogP contribution in [0.25, 0.3) is 0 Å². The van der Waals surface area contributed by atoms with Crippen molar-refractivity contribution in [2.45, 2.75) is 24.7 Å². The molecule has 0 spiro atoms. The van der Waals surface area contributed by atoms with Crippen molar-refractivity contribution < 1.29 is 4.79 Å². The van der Waals surface area contributed by atoms with Gasteiger partial charge in [-0.3, -0.25) is 4.79 Å². The van der Waals surface area contributed by atoms with Crippen molar-refractivity contribution in [3.8, 4) is 0 Å². The molecule has 5 heteroatoms. The molecule has 0 fully saturated rings. The van der Waals surface area contributed by atoms with Crippen LogP contribution in [0.15, 0.2) is 47.4 Å². The number of aryl methyl sites for hydroxylation is 1. The predicted octanol–water partition coefficient (Wildman–Crippen LogP) is 5.68. The van der Waals surface area contributed by atoms with Crippen LogP contribution in [0.1, 0.15) is 18.9 Å². The van der Waals surface area contributed by atoms with Gasteiger partial charge in [0.25, 0.3) is 0 Å². The number of hydrogen-bond donors (Lipinski definition) is 1. The maximum Gasteiger partial charge on any atom is 0.224 e. The highest BCUT2D eigenvalue weighted by atomic mass is 35.5. The van der Waals surface area contributed by atoms with Gasteiger partial charge in [-0.2, -0.15) is 0 Å². The van der Waals surface area contributed by atoms with Gasteiger partial charge in [-0.05, 0) is 42.0 Å². The number of benzene rings is 2. The van der Waals surface area contributed by atoms with Crippen molar-refractivity contribution in [3.05, 3.63) is 58.1 Å². The highest BCUT2D eigenvalue weighted by Crippen LogP contribution is 2.27. The highest BCUT2D eigenvalue weighted by Gasteiger charge is 2.07. The molecule has 1 amide bonds. The smallest absolute Gasteiger partial charge is 0.224 e. The van der Waals surface area contributed by atoms with Gasteiger partial charge in [0.1, 0.15) is 0 Å². The second-order valence-electron chi connectivity index (χ2n) is 4.73. The Hall–Kier alpha value is -1.16. The van der Waals surface area contributed by atoms with E-state index in [0.29, 0.717) is 22.9 Å². The van der Waals surface area contributed by atoms with E-state index in [1.54, 1.807) is 23.9 Å². The van der Waals surface area contributed by atoms with Crippen LogP contribution in [0.4, 0.5) is 5.69 Å². The van der Waals surface area contributed by atoms with Gasteiger partial charge in [-0.15, -0.1) is 11.8 Å². The molecular weight excluding hydrogens is 337 g/mol. The Bertz CT molecular complexity index is 661. The first kappa shape index (κ1) is 17.2. The van der Waals surface area contributed by atoms with Gasteiger partial charge < -0.3 is 5.32 Å². The van der Waals surface area contributed by atoms with Gasteiger partial charge >= 0.3 is 0 Å². The van der Waals surface area contributed by atoms with Gasteiger partial charge in [0.15, 0.2) is 0 Å². The van der Waals surface area contributed by atoms with Gasteiger partial charge in [0.05, 0.1) is 15.7 Å². The van der Waals surface area contributed by atoms with E-state index < -0.39 is 0 Å². The number of nitrogens with one attached hydrogen (secondary N) is 1. The third kappa shape index (κ3) is 4.94. The van der Waals surface area contributed by atoms with E-state index in [1.165, 1.54) is 0 Å². The Morgan fingerprint density at radius 3 is 2.64 bits per heavy atom. The molecule has 0 unspecified atom stereocenters. The number of thioether (sulfide) groups is 1. The van der Waals surface area contributed by atoms with E-state index in [2.05, 4.69) is 12.2 Å². The molecule has 2 aromatic carbocycles. The molecule has 0 aromatic heterocycles. The summed E-state index contributed by atoms with van der Waals surface area (Å²) in [5.41, 5.74) is 1.87. The molecule has 0 heterocycles. The number of carbonyl (C=O) groups is 1. The lowest BCUT2D eigenvalue weighted by atomic mass is 10.1. The van der Waals surface area contributed by atoms with Gasteiger partial charge in [0.2, 0.25) is 5.91 Å². The summed E-state index contributed by atoms with van der Waals surface area (Å²) >= 11 is 13.6. The van der Waals surface area contributed by atoms with Crippen molar-refractivity contribution in [2.24, 2.45) is 0 Å². The average molecular weight is 354 g/mol. The molecular formula is C17H17Cl2NOS. The lowest BCUT2D eigenvalue weighted by molar-refractivity contribution is -0.116. The molecule has 1 N–H and O–H groups in total. The zero-order valence-corrected chi connectivity index (χ0v) is 14.6. The number of amides is 1. The topological polar surface area (TPSA) is 29.1 Å². The van der Waals surface area contributed by atoms with Crippen LogP contribution in [0.2, 0.25) is 10.0 Å². The summed E-state index contributed by atoms with van der Waals surface area (Å²) in [6, 6.07) is 13.3. The molecule has 2 nitrogen and oxygen atoms in total. The summed E-state index contributed by atoms with van der Waals surface area (Å²) in [7, 11) is 0. The number of halogens is 2. The zero-order chi connectivity index (χ0) is 15.9. The van der Waals surface area contributed by atoms with Crippen LogP contribution >= 0.6 is 35.0 Å². The van der Waals surface area contributed by atoms with E-state index in [-0.39, 0.29) is 5.91 Å². The van der Waals surface area contributed by atoms with Crippen LogP contribution in [-0.2, 0) is 11.2 Å². The predicted molar refractivity (Wildman–Crippen MR) is 96.3 cm³/mol. The van der Waals surface area contributed by atoms with Crippen LogP contribution in [-0.4, -0.2) is 11.7 Å². The van der Waals surface area contributed by atoms with Crippen LogP contribution in [0.3, 0.4) is 0 Å². The minimum absolute atomic E-state index is 0.00442. The molecule has 2 rings (SSSR count). The molecule has 22 heavy (non-hydrogen) atoms. The Morgan fingerprint density at radius 1 is 1.14 bits per heavy atom.